The van der Waals surface area contributed by atoms with Crippen LogP contribution < -0.4 is 21.7 Å². The molecule has 166 valence electrons. The Kier molecular flexibility index (Phi) is 10.1. The van der Waals surface area contributed by atoms with Gasteiger partial charge in [-0.3, -0.25) is 14.4 Å². The summed E-state index contributed by atoms with van der Waals surface area (Å²) in [5, 5.41) is 26.1. The van der Waals surface area contributed by atoms with E-state index in [2.05, 4.69) is 28.6 Å². The van der Waals surface area contributed by atoms with Crippen molar-refractivity contribution in [1.82, 2.24) is 16.0 Å². The van der Waals surface area contributed by atoms with Crippen LogP contribution in [0.1, 0.15) is 19.4 Å². The van der Waals surface area contributed by atoms with Gasteiger partial charge in [-0.05, 0) is 23.6 Å². The molecule has 30 heavy (non-hydrogen) atoms. The average Bonchev–Trinajstić information content (AvgIpc) is 2.70. The maximum atomic E-state index is 12.8. The lowest BCUT2D eigenvalue weighted by Gasteiger charge is -2.25. The number of amides is 3. The van der Waals surface area contributed by atoms with E-state index in [9.17, 15) is 29.4 Å². The van der Waals surface area contributed by atoms with Crippen LogP contribution in [0.15, 0.2) is 24.3 Å². The van der Waals surface area contributed by atoms with E-state index < -0.39 is 41.8 Å². The number of carbonyl (C=O) groups excluding carboxylic acids is 3. The number of rotatable bonds is 11. The van der Waals surface area contributed by atoms with Crippen LogP contribution in [0.2, 0.25) is 0 Å². The van der Waals surface area contributed by atoms with Crippen molar-refractivity contribution in [1.29, 1.82) is 0 Å². The van der Waals surface area contributed by atoms with Gasteiger partial charge in [-0.25, -0.2) is 4.79 Å². The van der Waals surface area contributed by atoms with E-state index in [4.69, 9.17) is 5.73 Å². The fourth-order valence-corrected chi connectivity index (χ4v) is 2.82. The number of nitrogens with two attached hydrogens (primary N) is 1. The molecular formula is C19H28N4O6S. The smallest absolute Gasteiger partial charge is 0.326 e. The van der Waals surface area contributed by atoms with E-state index >= 15 is 0 Å². The summed E-state index contributed by atoms with van der Waals surface area (Å²) in [4.78, 5) is 48.3. The molecule has 0 heterocycles. The number of nitrogens with one attached hydrogen (secondary N) is 3. The zero-order valence-corrected chi connectivity index (χ0v) is 17.7. The number of benzene rings is 1. The average molecular weight is 441 g/mol. The molecule has 0 bridgehead atoms. The summed E-state index contributed by atoms with van der Waals surface area (Å²) < 4.78 is 0. The molecule has 3 unspecified atom stereocenters. The number of aliphatic carboxylic acids is 1. The van der Waals surface area contributed by atoms with E-state index in [0.29, 0.717) is 5.56 Å². The predicted octanol–water partition coefficient (Wildman–Crippen LogP) is -0.982. The molecule has 0 aliphatic rings. The summed E-state index contributed by atoms with van der Waals surface area (Å²) in [5.74, 6) is -3.50. The fraction of sp³-hybridized carbons (Fsp3) is 0.474. The Morgan fingerprint density at radius 2 is 1.57 bits per heavy atom. The second-order valence-corrected chi connectivity index (χ2v) is 7.37. The van der Waals surface area contributed by atoms with Gasteiger partial charge in [0.05, 0.1) is 6.54 Å². The van der Waals surface area contributed by atoms with Crippen LogP contribution in [-0.2, 0) is 25.6 Å². The lowest BCUT2D eigenvalue weighted by Crippen LogP contribution is -2.57. The highest BCUT2D eigenvalue weighted by Gasteiger charge is 2.30. The molecule has 0 spiro atoms. The Labute approximate surface area is 180 Å². The standard InChI is InChI=1S/C19H28N4O6S/c1-10(2)16(19(28)29)23-17(26)13(7-11-3-5-12(24)6-4-11)22-18(27)14(9-30)21-15(25)8-20/h3-6,10,13-14,16,24,30H,7-9,20H2,1-2H3,(H,21,25)(H,22,27)(H,23,26)(H,28,29). The molecule has 0 saturated heterocycles. The van der Waals surface area contributed by atoms with Crippen LogP contribution in [0.25, 0.3) is 0 Å². The molecule has 10 nitrogen and oxygen atoms in total. The number of hydrogen-bond donors (Lipinski definition) is 7. The van der Waals surface area contributed by atoms with Gasteiger partial charge in [0.1, 0.15) is 23.9 Å². The molecule has 1 aromatic carbocycles. The lowest BCUT2D eigenvalue weighted by molar-refractivity contribution is -0.143. The number of carboxylic acid groups (broad SMARTS) is 1. The topological polar surface area (TPSA) is 171 Å². The van der Waals surface area contributed by atoms with Crippen LogP contribution >= 0.6 is 12.6 Å². The Hall–Kier alpha value is -2.79. The van der Waals surface area contributed by atoms with Gasteiger partial charge in [-0.15, -0.1) is 0 Å². The third kappa shape index (κ3) is 7.91. The van der Waals surface area contributed by atoms with Gasteiger partial charge in [0, 0.05) is 12.2 Å². The lowest BCUT2D eigenvalue weighted by atomic mass is 10.0. The minimum absolute atomic E-state index is 0.0329. The van der Waals surface area contributed by atoms with Crippen molar-refractivity contribution in [3.8, 4) is 5.75 Å². The number of carbonyl (C=O) groups is 4. The summed E-state index contributed by atoms with van der Waals surface area (Å²) in [7, 11) is 0. The molecular weight excluding hydrogens is 412 g/mol. The second-order valence-electron chi connectivity index (χ2n) is 7.01. The van der Waals surface area contributed by atoms with Crippen LogP contribution in [0, 0.1) is 5.92 Å². The third-order valence-corrected chi connectivity index (χ3v) is 4.62. The van der Waals surface area contributed by atoms with E-state index in [0.717, 1.165) is 0 Å². The zero-order valence-electron chi connectivity index (χ0n) is 16.8. The highest BCUT2D eigenvalue weighted by molar-refractivity contribution is 7.80. The molecule has 0 saturated carbocycles. The summed E-state index contributed by atoms with van der Waals surface area (Å²) >= 11 is 4.04. The van der Waals surface area contributed by atoms with Crippen molar-refractivity contribution in [2.45, 2.75) is 38.4 Å². The Balaban J connectivity index is 3.05. The van der Waals surface area contributed by atoms with Gasteiger partial charge in [0.2, 0.25) is 17.7 Å². The number of carboxylic acids is 1. The molecule has 3 atom stereocenters. The van der Waals surface area contributed by atoms with E-state index in [1.54, 1.807) is 26.0 Å². The number of thiol groups is 1. The first-order chi connectivity index (χ1) is 14.1. The molecule has 0 fully saturated rings. The van der Waals surface area contributed by atoms with Crippen molar-refractivity contribution < 1.29 is 29.4 Å². The van der Waals surface area contributed by atoms with E-state index in [1.165, 1.54) is 12.1 Å². The molecule has 11 heteroatoms. The molecule has 3 amide bonds. The van der Waals surface area contributed by atoms with Gasteiger partial charge >= 0.3 is 5.97 Å². The summed E-state index contributed by atoms with van der Waals surface area (Å²) in [6.07, 6.45) is 0.0341. The molecule has 0 aromatic heterocycles. The van der Waals surface area contributed by atoms with E-state index in [-0.39, 0.29) is 30.4 Å². The molecule has 0 radical (unpaired) electrons. The highest BCUT2D eigenvalue weighted by Crippen LogP contribution is 2.12. The van der Waals surface area contributed by atoms with Crippen LogP contribution in [0.5, 0.6) is 5.75 Å². The second kappa shape index (κ2) is 12.0. The first-order valence-corrected chi connectivity index (χ1v) is 9.94. The highest BCUT2D eigenvalue weighted by atomic mass is 32.1. The van der Waals surface area contributed by atoms with Crippen LogP contribution in [0.4, 0.5) is 0 Å². The van der Waals surface area contributed by atoms with Crippen LogP contribution in [0.3, 0.4) is 0 Å². The third-order valence-electron chi connectivity index (χ3n) is 4.26. The minimum Gasteiger partial charge on any atom is -0.508 e. The normalized spacial score (nSPS) is 13.8. The predicted molar refractivity (Wildman–Crippen MR) is 113 cm³/mol. The van der Waals surface area contributed by atoms with Crippen molar-refractivity contribution >= 4 is 36.3 Å². The molecule has 0 aliphatic carbocycles. The van der Waals surface area contributed by atoms with Crippen molar-refractivity contribution in [2.75, 3.05) is 12.3 Å². The Morgan fingerprint density at radius 1 is 1.00 bits per heavy atom. The van der Waals surface area contributed by atoms with Gasteiger partial charge in [-0.2, -0.15) is 12.6 Å². The van der Waals surface area contributed by atoms with Crippen LogP contribution in [-0.4, -0.2) is 64.3 Å². The first kappa shape index (κ1) is 25.2. The monoisotopic (exact) mass is 440 g/mol. The maximum absolute atomic E-state index is 12.8. The van der Waals surface area contributed by atoms with Gasteiger partial charge < -0.3 is 31.9 Å². The fourth-order valence-electron chi connectivity index (χ4n) is 2.56. The first-order valence-electron chi connectivity index (χ1n) is 9.30. The molecule has 0 aliphatic heterocycles. The molecule has 1 aromatic rings. The summed E-state index contributed by atoms with van der Waals surface area (Å²) in [5.41, 5.74) is 5.86. The van der Waals surface area contributed by atoms with Gasteiger partial charge in [-0.1, -0.05) is 26.0 Å². The summed E-state index contributed by atoms with van der Waals surface area (Å²) in [6, 6.07) is 2.71. The van der Waals surface area contributed by atoms with Crippen molar-refractivity contribution in [2.24, 2.45) is 11.7 Å². The number of aromatic hydroxyl groups is 1. The number of phenolic OH excluding ortho intramolecular Hbond substituents is 1. The molecule has 1 rings (SSSR count). The van der Waals surface area contributed by atoms with Gasteiger partial charge in [0.25, 0.3) is 0 Å². The maximum Gasteiger partial charge on any atom is 0.326 e. The Bertz CT molecular complexity index is 756. The summed E-state index contributed by atoms with van der Waals surface area (Å²) in [6.45, 7) is 2.97. The molecule has 7 N–H and O–H groups in total. The number of phenols is 1. The van der Waals surface area contributed by atoms with Crippen molar-refractivity contribution in [3.63, 3.8) is 0 Å². The van der Waals surface area contributed by atoms with Gasteiger partial charge in [0.15, 0.2) is 0 Å². The zero-order chi connectivity index (χ0) is 22.8. The quantitative estimate of drug-likeness (QED) is 0.217. The van der Waals surface area contributed by atoms with Crippen molar-refractivity contribution in [3.05, 3.63) is 29.8 Å². The largest absolute Gasteiger partial charge is 0.508 e. The minimum atomic E-state index is -1.20. The van der Waals surface area contributed by atoms with E-state index in [1.807, 2.05) is 0 Å². The SMILES string of the molecule is CC(C)C(NC(=O)C(Cc1ccc(O)cc1)NC(=O)C(CS)NC(=O)CN)C(=O)O. The Morgan fingerprint density at radius 3 is 2.03 bits per heavy atom. The number of hydrogen-bond acceptors (Lipinski definition) is 7.